The van der Waals surface area contributed by atoms with Gasteiger partial charge < -0.3 is 24.5 Å². The fraction of sp³-hybridized carbons (Fsp3) is 0.667. The Kier molecular flexibility index (Phi) is 4.90. The van der Waals surface area contributed by atoms with Gasteiger partial charge in [-0.1, -0.05) is 0 Å². The molecule has 0 unspecified atom stereocenters. The van der Waals surface area contributed by atoms with Crippen LogP contribution in [-0.2, 0) is 9.47 Å². The van der Waals surface area contributed by atoms with Gasteiger partial charge in [-0.25, -0.2) is 4.79 Å². The van der Waals surface area contributed by atoms with Gasteiger partial charge in [-0.15, -0.1) is 0 Å². The molecule has 0 aromatic carbocycles. The van der Waals surface area contributed by atoms with Crippen molar-refractivity contribution in [2.45, 2.75) is 45.9 Å². The van der Waals surface area contributed by atoms with Crippen molar-refractivity contribution in [2.75, 3.05) is 19.8 Å². The van der Waals surface area contributed by atoms with Crippen molar-refractivity contribution >= 4 is 6.03 Å². The van der Waals surface area contributed by atoms with E-state index in [1.807, 2.05) is 33.8 Å². The third-order valence-electron chi connectivity index (χ3n) is 3.66. The number of carbonyl (C=O) groups excluding carboxylic acids is 1. The van der Waals surface area contributed by atoms with Gasteiger partial charge in [0.25, 0.3) is 0 Å². The van der Waals surface area contributed by atoms with E-state index >= 15 is 0 Å². The van der Waals surface area contributed by atoms with E-state index in [9.17, 15) is 4.79 Å². The Morgan fingerprint density at radius 1 is 1.38 bits per heavy atom. The minimum absolute atomic E-state index is 0.1000. The molecular weight excluding hydrogens is 272 g/mol. The summed E-state index contributed by atoms with van der Waals surface area (Å²) >= 11 is 0. The van der Waals surface area contributed by atoms with E-state index in [0.29, 0.717) is 26.2 Å². The van der Waals surface area contributed by atoms with E-state index in [2.05, 4.69) is 10.6 Å². The van der Waals surface area contributed by atoms with Crippen LogP contribution in [0.25, 0.3) is 0 Å². The number of urea groups is 1. The Morgan fingerprint density at radius 2 is 2.05 bits per heavy atom. The van der Waals surface area contributed by atoms with E-state index in [4.69, 9.17) is 13.9 Å². The summed E-state index contributed by atoms with van der Waals surface area (Å²) in [5, 5.41) is 5.72. The SMILES string of the molecule is Cc1cc([C@H](C)NC(=O)NCCC2(C)OCCO2)c(C)o1. The summed E-state index contributed by atoms with van der Waals surface area (Å²) in [6, 6.07) is 1.64. The molecule has 6 heteroatoms. The van der Waals surface area contributed by atoms with Gasteiger partial charge in [0.05, 0.1) is 19.3 Å². The molecule has 1 saturated heterocycles. The van der Waals surface area contributed by atoms with Crippen molar-refractivity contribution in [1.82, 2.24) is 10.6 Å². The molecule has 118 valence electrons. The highest BCUT2D eigenvalue weighted by Gasteiger charge is 2.30. The lowest BCUT2D eigenvalue weighted by Crippen LogP contribution is -2.40. The highest BCUT2D eigenvalue weighted by molar-refractivity contribution is 5.74. The highest BCUT2D eigenvalue weighted by atomic mass is 16.7. The summed E-state index contributed by atoms with van der Waals surface area (Å²) in [5.41, 5.74) is 0.997. The number of carbonyl (C=O) groups is 1. The second kappa shape index (κ2) is 6.49. The van der Waals surface area contributed by atoms with Crippen LogP contribution in [0.5, 0.6) is 0 Å². The minimum atomic E-state index is -0.572. The molecular formula is C15H24N2O4. The molecule has 2 amide bonds. The standard InChI is InChI=1S/C15H24N2O4/c1-10-9-13(12(3)21-10)11(2)17-14(18)16-6-5-15(4)19-7-8-20-15/h9,11H,5-8H2,1-4H3,(H2,16,17,18)/t11-/m0/s1. The first-order chi connectivity index (χ1) is 9.89. The van der Waals surface area contributed by atoms with Crippen LogP contribution in [0.1, 0.15) is 43.4 Å². The van der Waals surface area contributed by atoms with E-state index < -0.39 is 5.79 Å². The molecule has 0 spiro atoms. The van der Waals surface area contributed by atoms with E-state index in [1.54, 1.807) is 0 Å². The predicted molar refractivity (Wildman–Crippen MR) is 78.1 cm³/mol. The molecule has 21 heavy (non-hydrogen) atoms. The first-order valence-electron chi connectivity index (χ1n) is 7.29. The molecule has 1 fully saturated rings. The molecule has 0 bridgehead atoms. The lowest BCUT2D eigenvalue weighted by Gasteiger charge is -2.22. The zero-order chi connectivity index (χ0) is 15.5. The molecule has 0 radical (unpaired) electrons. The number of ether oxygens (including phenoxy) is 2. The number of nitrogens with one attached hydrogen (secondary N) is 2. The molecule has 1 aromatic rings. The quantitative estimate of drug-likeness (QED) is 0.875. The van der Waals surface area contributed by atoms with Gasteiger partial charge in [0, 0.05) is 18.5 Å². The largest absolute Gasteiger partial charge is 0.466 e. The van der Waals surface area contributed by atoms with Gasteiger partial charge >= 0.3 is 6.03 Å². The van der Waals surface area contributed by atoms with Gasteiger partial charge in [0.2, 0.25) is 0 Å². The van der Waals surface area contributed by atoms with Crippen molar-refractivity contribution in [3.8, 4) is 0 Å². The third kappa shape index (κ3) is 4.22. The van der Waals surface area contributed by atoms with Gasteiger partial charge in [0.15, 0.2) is 5.79 Å². The monoisotopic (exact) mass is 296 g/mol. The lowest BCUT2D eigenvalue weighted by atomic mass is 10.1. The van der Waals surface area contributed by atoms with Crippen LogP contribution >= 0.6 is 0 Å². The van der Waals surface area contributed by atoms with Crippen molar-refractivity contribution in [1.29, 1.82) is 0 Å². The smallest absolute Gasteiger partial charge is 0.315 e. The minimum Gasteiger partial charge on any atom is -0.466 e. The topological polar surface area (TPSA) is 72.7 Å². The number of amides is 2. The number of furan rings is 1. The molecule has 1 aromatic heterocycles. The first-order valence-corrected chi connectivity index (χ1v) is 7.29. The molecule has 2 heterocycles. The van der Waals surface area contributed by atoms with Gasteiger partial charge in [-0.2, -0.15) is 0 Å². The average molecular weight is 296 g/mol. The van der Waals surface area contributed by atoms with Crippen LogP contribution in [0.15, 0.2) is 10.5 Å². The van der Waals surface area contributed by atoms with Crippen molar-refractivity contribution in [3.05, 3.63) is 23.2 Å². The Bertz CT molecular complexity index is 492. The van der Waals surface area contributed by atoms with Crippen LogP contribution in [0.2, 0.25) is 0 Å². The van der Waals surface area contributed by atoms with Crippen LogP contribution in [0.3, 0.4) is 0 Å². The van der Waals surface area contributed by atoms with Crippen LogP contribution in [-0.4, -0.2) is 31.6 Å². The Balaban J connectivity index is 1.75. The predicted octanol–water partition coefficient (Wildman–Crippen LogP) is 2.41. The summed E-state index contributed by atoms with van der Waals surface area (Å²) in [5.74, 6) is 1.11. The molecule has 0 saturated carbocycles. The maximum absolute atomic E-state index is 11.9. The van der Waals surface area contributed by atoms with E-state index in [1.165, 1.54) is 0 Å². The van der Waals surface area contributed by atoms with Crippen LogP contribution < -0.4 is 10.6 Å². The molecule has 2 rings (SSSR count). The third-order valence-corrected chi connectivity index (χ3v) is 3.66. The summed E-state index contributed by atoms with van der Waals surface area (Å²) in [4.78, 5) is 11.9. The lowest BCUT2D eigenvalue weighted by molar-refractivity contribution is -0.145. The van der Waals surface area contributed by atoms with Gasteiger partial charge in [-0.3, -0.25) is 0 Å². The average Bonchev–Trinajstić information content (AvgIpc) is 2.96. The molecule has 2 N–H and O–H groups in total. The molecule has 6 nitrogen and oxygen atoms in total. The van der Waals surface area contributed by atoms with Gasteiger partial charge in [-0.05, 0) is 33.8 Å². The summed E-state index contributed by atoms with van der Waals surface area (Å²) in [6.07, 6.45) is 0.624. The van der Waals surface area contributed by atoms with Crippen molar-refractivity contribution in [3.63, 3.8) is 0 Å². The molecule has 1 atom stereocenters. The second-order valence-corrected chi connectivity index (χ2v) is 5.57. The zero-order valence-corrected chi connectivity index (χ0v) is 13.1. The summed E-state index contributed by atoms with van der Waals surface area (Å²) < 4.78 is 16.4. The Morgan fingerprint density at radius 3 is 2.62 bits per heavy atom. The summed E-state index contributed by atoms with van der Waals surface area (Å²) in [6.45, 7) is 9.33. The second-order valence-electron chi connectivity index (χ2n) is 5.57. The Labute approximate surface area is 125 Å². The van der Waals surface area contributed by atoms with Gasteiger partial charge in [0.1, 0.15) is 11.5 Å². The van der Waals surface area contributed by atoms with E-state index in [-0.39, 0.29) is 12.1 Å². The highest BCUT2D eigenvalue weighted by Crippen LogP contribution is 2.22. The first kappa shape index (κ1) is 15.9. The number of hydrogen-bond donors (Lipinski definition) is 2. The van der Waals surface area contributed by atoms with E-state index in [0.717, 1.165) is 17.1 Å². The van der Waals surface area contributed by atoms with Crippen LogP contribution in [0.4, 0.5) is 4.79 Å². The maximum Gasteiger partial charge on any atom is 0.315 e. The number of rotatable bonds is 5. The number of hydrogen-bond acceptors (Lipinski definition) is 4. The van der Waals surface area contributed by atoms with Crippen molar-refractivity contribution in [2.24, 2.45) is 0 Å². The maximum atomic E-state index is 11.9. The van der Waals surface area contributed by atoms with Crippen LogP contribution in [0, 0.1) is 13.8 Å². The molecule has 1 aliphatic heterocycles. The molecule has 1 aliphatic rings. The Hall–Kier alpha value is -1.53. The van der Waals surface area contributed by atoms with Crippen molar-refractivity contribution < 1.29 is 18.7 Å². The zero-order valence-electron chi connectivity index (χ0n) is 13.1. The fourth-order valence-electron chi connectivity index (χ4n) is 2.51. The normalized spacial score (nSPS) is 18.5. The fourth-order valence-corrected chi connectivity index (χ4v) is 2.51. The summed E-state index contributed by atoms with van der Waals surface area (Å²) in [7, 11) is 0. The number of aryl methyl sites for hydroxylation is 2. The molecule has 0 aliphatic carbocycles.